The van der Waals surface area contributed by atoms with E-state index in [4.69, 9.17) is 29.4 Å². The molecule has 0 saturated carbocycles. The Kier molecular flexibility index (Phi) is 8.57. The number of carbonyl (C=O) groups is 1. The van der Waals surface area contributed by atoms with Gasteiger partial charge < -0.3 is 29.4 Å². The maximum atomic E-state index is 13.2. The first-order valence-corrected chi connectivity index (χ1v) is 13.1. The molecule has 0 aliphatic carbocycles. The van der Waals surface area contributed by atoms with E-state index in [9.17, 15) is 24.6 Å². The number of allylic oxidation sites excluding steroid dienone is 1. The molecule has 1 atom stereocenters. The Morgan fingerprint density at radius 1 is 1.00 bits per heavy atom. The number of nitrogens with two attached hydrogens (primary N) is 1. The van der Waals surface area contributed by atoms with Crippen molar-refractivity contribution in [1.82, 2.24) is 0 Å². The number of nitrogens with zero attached hydrogens (tertiary/aromatic N) is 2. The highest BCUT2D eigenvalue weighted by molar-refractivity contribution is 5.74. The van der Waals surface area contributed by atoms with E-state index in [0.29, 0.717) is 22.6 Å². The third-order valence-electron chi connectivity index (χ3n) is 6.66. The van der Waals surface area contributed by atoms with Crippen molar-refractivity contribution in [3.63, 3.8) is 0 Å². The smallest absolute Gasteiger partial charge is 0.349 e. The Morgan fingerprint density at radius 2 is 1.73 bits per heavy atom. The average molecular weight is 598 g/mol. The lowest BCUT2D eigenvalue weighted by molar-refractivity contribution is -0.384. The first-order valence-electron chi connectivity index (χ1n) is 13.1. The molecule has 4 aromatic carbocycles. The minimum absolute atomic E-state index is 0.106. The fraction of sp³-hybridized carbons (Fsp3) is 0.125. The molecule has 1 aliphatic heterocycles. The summed E-state index contributed by atoms with van der Waals surface area (Å²) in [6.45, 7) is -0.263. The van der Waals surface area contributed by atoms with E-state index >= 15 is 0 Å². The Morgan fingerprint density at radius 3 is 2.41 bits per heavy atom. The normalized spacial score (nSPS) is 13.6. The van der Waals surface area contributed by atoms with Crippen LogP contribution in [0.3, 0.4) is 0 Å². The summed E-state index contributed by atoms with van der Waals surface area (Å²) in [6, 6.07) is 23.2. The van der Waals surface area contributed by atoms with Gasteiger partial charge in [-0.25, -0.2) is 9.18 Å². The molecule has 1 heterocycles. The molecule has 0 fully saturated rings. The first kappa shape index (κ1) is 29.4. The number of hydrogen-bond donors (Lipinski definition) is 1. The van der Waals surface area contributed by atoms with E-state index in [0.717, 1.165) is 5.56 Å². The number of rotatable bonds is 10. The number of benzene rings is 4. The molecule has 0 saturated heterocycles. The Balaban J connectivity index is 1.32. The van der Waals surface area contributed by atoms with Gasteiger partial charge in [-0.3, -0.25) is 10.1 Å². The lowest BCUT2D eigenvalue weighted by Crippen LogP contribution is -2.21. The van der Waals surface area contributed by atoms with Gasteiger partial charge in [-0.1, -0.05) is 24.3 Å². The van der Waals surface area contributed by atoms with Crippen LogP contribution >= 0.6 is 0 Å². The van der Waals surface area contributed by atoms with Crippen LogP contribution in [0.25, 0.3) is 0 Å². The van der Waals surface area contributed by atoms with Crippen LogP contribution in [0.2, 0.25) is 0 Å². The molecule has 11 nitrogen and oxygen atoms in total. The summed E-state index contributed by atoms with van der Waals surface area (Å²) < 4.78 is 41.1. The maximum absolute atomic E-state index is 13.2. The fourth-order valence-electron chi connectivity index (χ4n) is 4.53. The molecule has 2 N–H and O–H groups in total. The molecule has 1 unspecified atom stereocenters. The van der Waals surface area contributed by atoms with Gasteiger partial charge in [0.05, 0.1) is 18.0 Å². The quantitative estimate of drug-likeness (QED) is 0.107. The fourth-order valence-corrected chi connectivity index (χ4v) is 4.53. The van der Waals surface area contributed by atoms with Gasteiger partial charge in [0.1, 0.15) is 41.3 Å². The second-order valence-electron chi connectivity index (χ2n) is 9.46. The predicted molar refractivity (Wildman–Crippen MR) is 154 cm³/mol. The van der Waals surface area contributed by atoms with Gasteiger partial charge in [0.15, 0.2) is 18.1 Å². The number of hydrogen-bond acceptors (Lipinski definition) is 10. The van der Waals surface area contributed by atoms with Crippen molar-refractivity contribution < 1.29 is 37.8 Å². The molecular weight excluding hydrogens is 573 g/mol. The molecule has 0 spiro atoms. The van der Waals surface area contributed by atoms with E-state index < -0.39 is 23.4 Å². The number of ether oxygens (including phenoxy) is 5. The summed E-state index contributed by atoms with van der Waals surface area (Å²) in [4.78, 5) is 22.7. The van der Waals surface area contributed by atoms with Crippen LogP contribution in [0, 0.1) is 27.3 Å². The number of esters is 1. The van der Waals surface area contributed by atoms with Crippen molar-refractivity contribution in [2.45, 2.75) is 12.5 Å². The van der Waals surface area contributed by atoms with Crippen LogP contribution in [0.1, 0.15) is 22.6 Å². The largest absolute Gasteiger partial charge is 0.493 e. The van der Waals surface area contributed by atoms with Crippen molar-refractivity contribution >= 4 is 11.7 Å². The third-order valence-corrected chi connectivity index (χ3v) is 6.66. The van der Waals surface area contributed by atoms with Crippen molar-refractivity contribution in [2.24, 2.45) is 5.73 Å². The lowest BCUT2D eigenvalue weighted by Gasteiger charge is -2.27. The van der Waals surface area contributed by atoms with Gasteiger partial charge in [0, 0.05) is 23.8 Å². The second-order valence-corrected chi connectivity index (χ2v) is 9.46. The number of methoxy groups -OCH3 is 1. The number of nitro benzene ring substituents is 1. The highest BCUT2D eigenvalue weighted by Gasteiger charge is 2.32. The van der Waals surface area contributed by atoms with Crippen LogP contribution in [0.15, 0.2) is 96.4 Å². The number of halogens is 1. The van der Waals surface area contributed by atoms with Crippen molar-refractivity contribution in [3.05, 3.63) is 129 Å². The van der Waals surface area contributed by atoms with E-state index in [2.05, 4.69) is 6.07 Å². The third kappa shape index (κ3) is 6.52. The lowest BCUT2D eigenvalue weighted by atomic mass is 9.83. The van der Waals surface area contributed by atoms with Gasteiger partial charge in [0.25, 0.3) is 5.69 Å². The van der Waals surface area contributed by atoms with Crippen molar-refractivity contribution in [3.8, 4) is 34.8 Å². The molecule has 4 aromatic rings. The number of carbonyl (C=O) groups excluding carboxylic acids is 1. The molecule has 44 heavy (non-hydrogen) atoms. The molecule has 1 aliphatic rings. The monoisotopic (exact) mass is 597 g/mol. The molecule has 0 amide bonds. The first-order chi connectivity index (χ1) is 21.2. The van der Waals surface area contributed by atoms with E-state index in [1.54, 1.807) is 42.5 Å². The molecule has 222 valence electrons. The van der Waals surface area contributed by atoms with E-state index in [1.807, 2.05) is 0 Å². The molecule has 0 radical (unpaired) electrons. The zero-order chi connectivity index (χ0) is 31.2. The van der Waals surface area contributed by atoms with Gasteiger partial charge in [0.2, 0.25) is 5.88 Å². The summed E-state index contributed by atoms with van der Waals surface area (Å²) in [6.07, 6.45) is 0. The summed E-state index contributed by atoms with van der Waals surface area (Å²) >= 11 is 0. The average Bonchev–Trinajstić information content (AvgIpc) is 3.03. The van der Waals surface area contributed by atoms with Crippen LogP contribution in [0.5, 0.6) is 28.7 Å². The minimum Gasteiger partial charge on any atom is -0.493 e. The molecule has 5 rings (SSSR count). The SMILES string of the molecule is COc1cc(C2C(C#N)=C(N)Oc3cc(OC(=O)COc4ccc([N+](=O)[O-])cc4)ccc32)ccc1OCc1ccc(F)cc1. The number of nitriles is 1. The number of nitro groups is 1. The molecule has 0 bridgehead atoms. The Labute approximate surface area is 250 Å². The number of non-ortho nitro benzene ring substituents is 1. The molecule has 12 heteroatoms. The summed E-state index contributed by atoms with van der Waals surface area (Å²) in [5.74, 6) is -0.254. The summed E-state index contributed by atoms with van der Waals surface area (Å²) in [7, 11) is 1.49. The van der Waals surface area contributed by atoms with Crippen LogP contribution < -0.4 is 29.4 Å². The van der Waals surface area contributed by atoms with Crippen LogP contribution in [-0.2, 0) is 11.4 Å². The zero-order valence-corrected chi connectivity index (χ0v) is 23.2. The highest BCUT2D eigenvalue weighted by Crippen LogP contribution is 2.45. The van der Waals surface area contributed by atoms with Crippen LogP contribution in [-0.4, -0.2) is 24.6 Å². The summed E-state index contributed by atoms with van der Waals surface area (Å²) in [5, 5.41) is 20.7. The van der Waals surface area contributed by atoms with Gasteiger partial charge in [-0.2, -0.15) is 5.26 Å². The minimum atomic E-state index is -0.724. The van der Waals surface area contributed by atoms with E-state index in [1.165, 1.54) is 49.6 Å². The second kappa shape index (κ2) is 12.8. The predicted octanol–water partition coefficient (Wildman–Crippen LogP) is 5.52. The van der Waals surface area contributed by atoms with Crippen molar-refractivity contribution in [2.75, 3.05) is 13.7 Å². The standard InChI is InChI=1S/C32H24FN3O8/c1-40-29-14-20(4-13-27(29)42-17-19-2-5-21(33)6-3-19)31-25-12-11-24(15-28(25)44-32(35)26(31)16-34)43-30(37)18-41-23-9-7-22(8-10-23)36(38)39/h2-15,31H,17-18,35H2,1H3. The van der Waals surface area contributed by atoms with Crippen LogP contribution in [0.4, 0.5) is 10.1 Å². The highest BCUT2D eigenvalue weighted by atomic mass is 19.1. The Bertz CT molecular complexity index is 1780. The Hall–Kier alpha value is -6.09. The van der Waals surface area contributed by atoms with Gasteiger partial charge >= 0.3 is 5.97 Å². The maximum Gasteiger partial charge on any atom is 0.349 e. The number of fused-ring (bicyclic) bond motifs is 1. The molecular formula is C32H24FN3O8. The van der Waals surface area contributed by atoms with Gasteiger partial charge in [-0.05, 0) is 53.6 Å². The van der Waals surface area contributed by atoms with Crippen molar-refractivity contribution in [1.29, 1.82) is 5.26 Å². The summed E-state index contributed by atoms with van der Waals surface area (Å²) in [5.41, 5.74) is 8.24. The zero-order valence-electron chi connectivity index (χ0n) is 23.2. The topological polar surface area (TPSA) is 156 Å². The van der Waals surface area contributed by atoms with Gasteiger partial charge in [-0.15, -0.1) is 0 Å². The van der Waals surface area contributed by atoms with E-state index in [-0.39, 0.29) is 46.8 Å². The molecule has 0 aromatic heterocycles.